The second-order valence-corrected chi connectivity index (χ2v) is 7.68. The number of carboxylic acids is 1. The first kappa shape index (κ1) is 14.9. The van der Waals surface area contributed by atoms with Gasteiger partial charge < -0.3 is 5.11 Å². The van der Waals surface area contributed by atoms with Gasteiger partial charge in [0.2, 0.25) is 0 Å². The van der Waals surface area contributed by atoms with Crippen LogP contribution in [-0.2, 0) is 21.2 Å². The zero-order valence-electron chi connectivity index (χ0n) is 9.91. The molecule has 0 aromatic carbocycles. The molecule has 0 aliphatic rings. The molecule has 2 aromatic rings. The third-order valence-electron chi connectivity index (χ3n) is 2.24. The van der Waals surface area contributed by atoms with Crippen molar-refractivity contribution < 1.29 is 18.3 Å². The Labute approximate surface area is 127 Å². The molecule has 0 fully saturated rings. The van der Waals surface area contributed by atoms with E-state index < -0.39 is 16.0 Å². The molecule has 9 heteroatoms. The molecule has 0 unspecified atom stereocenters. The number of nitrogens with zero attached hydrogens (tertiary/aromatic N) is 1. The summed E-state index contributed by atoms with van der Waals surface area (Å²) >= 11 is 4.13. The minimum absolute atomic E-state index is 0.0671. The third kappa shape index (κ3) is 3.56. The lowest BCUT2D eigenvalue weighted by molar-refractivity contribution is -0.136. The van der Waals surface area contributed by atoms with Crippen LogP contribution in [0.3, 0.4) is 0 Å². The Balaban J connectivity index is 2.25. The zero-order chi connectivity index (χ0) is 14.8. The summed E-state index contributed by atoms with van der Waals surface area (Å²) in [5.41, 5.74) is 0.369. The minimum Gasteiger partial charge on any atom is -0.481 e. The van der Waals surface area contributed by atoms with Crippen LogP contribution in [0, 0.1) is 0 Å². The number of aromatic nitrogens is 1. The fourth-order valence-electron chi connectivity index (χ4n) is 1.40. The van der Waals surface area contributed by atoms with Gasteiger partial charge in [-0.2, -0.15) is 0 Å². The summed E-state index contributed by atoms with van der Waals surface area (Å²) in [6, 6.07) is 4.41. The van der Waals surface area contributed by atoms with Gasteiger partial charge in [0.15, 0.2) is 0 Å². The highest BCUT2D eigenvalue weighted by Crippen LogP contribution is 2.27. The lowest BCUT2D eigenvalue weighted by Gasteiger charge is -2.07. The number of sulfonamides is 1. The summed E-state index contributed by atoms with van der Waals surface area (Å²) < 4.78 is 27.3. The molecule has 0 atom stereocenters. The molecule has 0 bridgehead atoms. The van der Waals surface area contributed by atoms with E-state index in [-0.39, 0.29) is 10.6 Å². The van der Waals surface area contributed by atoms with Crippen LogP contribution < -0.4 is 4.72 Å². The van der Waals surface area contributed by atoms with Crippen molar-refractivity contribution in [3.8, 4) is 0 Å². The van der Waals surface area contributed by atoms with E-state index >= 15 is 0 Å². The average molecular weight is 377 g/mol. The SMILES string of the molecule is O=C(O)Cc1ccc(S(=O)(=O)Nc2ccncc2Br)s1. The molecule has 2 N–H and O–H groups in total. The van der Waals surface area contributed by atoms with Gasteiger partial charge in [0, 0.05) is 17.3 Å². The van der Waals surface area contributed by atoms with Crippen LogP contribution in [0.4, 0.5) is 5.69 Å². The summed E-state index contributed by atoms with van der Waals surface area (Å²) in [6.07, 6.45) is 2.74. The van der Waals surface area contributed by atoms with E-state index in [1.54, 1.807) is 0 Å². The molecule has 2 rings (SSSR count). The lowest BCUT2D eigenvalue weighted by atomic mass is 10.3. The van der Waals surface area contributed by atoms with Gasteiger partial charge in [-0.15, -0.1) is 11.3 Å². The minimum atomic E-state index is -3.73. The Morgan fingerprint density at radius 3 is 2.80 bits per heavy atom. The number of anilines is 1. The average Bonchev–Trinajstić information content (AvgIpc) is 2.80. The topological polar surface area (TPSA) is 96.4 Å². The zero-order valence-corrected chi connectivity index (χ0v) is 13.1. The quantitative estimate of drug-likeness (QED) is 0.834. The first-order valence-corrected chi connectivity index (χ1v) is 8.40. The molecular formula is C11H9BrN2O4S2. The van der Waals surface area contributed by atoms with E-state index in [0.717, 1.165) is 11.3 Å². The lowest BCUT2D eigenvalue weighted by Crippen LogP contribution is -2.11. The Hall–Kier alpha value is -1.45. The number of aliphatic carboxylic acids is 1. The standard InChI is InChI=1S/C11H9BrN2O4S2/c12-8-6-13-4-3-9(8)14-20(17,18)11-2-1-7(19-11)5-10(15)16/h1-4,6H,5H2,(H,13,14)(H,15,16). The van der Waals surface area contributed by atoms with Crippen LogP contribution in [0.15, 0.2) is 39.3 Å². The number of thiophene rings is 1. The number of hydrogen-bond acceptors (Lipinski definition) is 5. The molecule has 2 heterocycles. The van der Waals surface area contributed by atoms with Gasteiger partial charge in [0.25, 0.3) is 10.0 Å². The second kappa shape index (κ2) is 5.90. The highest BCUT2D eigenvalue weighted by molar-refractivity contribution is 9.10. The van der Waals surface area contributed by atoms with Gasteiger partial charge in [-0.25, -0.2) is 8.42 Å². The van der Waals surface area contributed by atoms with Crippen molar-refractivity contribution in [2.75, 3.05) is 4.72 Å². The second-order valence-electron chi connectivity index (χ2n) is 3.75. The molecule has 0 spiro atoms. The molecule has 0 amide bonds. The van der Waals surface area contributed by atoms with E-state index in [9.17, 15) is 13.2 Å². The maximum Gasteiger partial charge on any atom is 0.308 e. The first-order chi connectivity index (χ1) is 9.38. The summed E-state index contributed by atoms with van der Waals surface area (Å²) in [5.74, 6) is -0.999. The van der Waals surface area contributed by atoms with Crippen LogP contribution in [0.25, 0.3) is 0 Å². The van der Waals surface area contributed by atoms with Crippen molar-refractivity contribution in [2.45, 2.75) is 10.6 Å². The number of rotatable bonds is 5. The van der Waals surface area contributed by atoms with E-state index in [0.29, 0.717) is 15.0 Å². The highest BCUT2D eigenvalue weighted by Gasteiger charge is 2.18. The maximum absolute atomic E-state index is 12.2. The number of nitrogens with one attached hydrogen (secondary N) is 1. The summed E-state index contributed by atoms with van der Waals surface area (Å²) in [6.45, 7) is 0. The third-order valence-corrected chi connectivity index (χ3v) is 5.82. The van der Waals surface area contributed by atoms with Gasteiger partial charge in [-0.05, 0) is 34.1 Å². The molecule has 0 aliphatic heterocycles. The summed E-state index contributed by atoms with van der Waals surface area (Å²) in [4.78, 5) is 14.9. The number of hydrogen-bond donors (Lipinski definition) is 2. The monoisotopic (exact) mass is 376 g/mol. The van der Waals surface area contributed by atoms with Crippen molar-refractivity contribution in [2.24, 2.45) is 0 Å². The predicted octanol–water partition coefficient (Wildman–Crippen LogP) is 2.33. The maximum atomic E-state index is 12.2. The number of halogens is 1. The van der Waals surface area contributed by atoms with Crippen LogP contribution in [0.2, 0.25) is 0 Å². The molecule has 0 radical (unpaired) electrons. The Kier molecular flexibility index (Phi) is 4.41. The van der Waals surface area contributed by atoms with E-state index in [2.05, 4.69) is 25.6 Å². The predicted molar refractivity (Wildman–Crippen MR) is 78.4 cm³/mol. The van der Waals surface area contributed by atoms with Crippen molar-refractivity contribution in [3.05, 3.63) is 39.9 Å². The summed E-state index contributed by atoms with van der Waals surface area (Å²) in [5, 5.41) is 8.68. The number of carbonyl (C=O) groups is 1. The largest absolute Gasteiger partial charge is 0.481 e. The van der Waals surface area contributed by atoms with E-state index in [1.807, 2.05) is 0 Å². The Morgan fingerprint density at radius 1 is 1.40 bits per heavy atom. The smallest absolute Gasteiger partial charge is 0.308 e. The molecule has 0 saturated carbocycles. The van der Waals surface area contributed by atoms with Gasteiger partial charge >= 0.3 is 5.97 Å². The van der Waals surface area contributed by atoms with Crippen LogP contribution >= 0.6 is 27.3 Å². The first-order valence-electron chi connectivity index (χ1n) is 5.31. The van der Waals surface area contributed by atoms with Gasteiger partial charge in [-0.3, -0.25) is 14.5 Å². The van der Waals surface area contributed by atoms with Gasteiger partial charge in [0.05, 0.1) is 16.6 Å². The van der Waals surface area contributed by atoms with Crippen molar-refractivity contribution in [1.29, 1.82) is 0 Å². The highest BCUT2D eigenvalue weighted by atomic mass is 79.9. The number of pyridine rings is 1. The van der Waals surface area contributed by atoms with Crippen LogP contribution in [-0.4, -0.2) is 24.5 Å². The fourth-order valence-corrected chi connectivity index (χ4v) is 4.31. The molecule has 20 heavy (non-hydrogen) atoms. The molecular weight excluding hydrogens is 368 g/mol. The normalized spacial score (nSPS) is 11.2. The Morgan fingerprint density at radius 2 is 2.15 bits per heavy atom. The van der Waals surface area contributed by atoms with Crippen LogP contribution in [0.5, 0.6) is 0 Å². The number of carboxylic acid groups (broad SMARTS) is 1. The van der Waals surface area contributed by atoms with E-state index in [1.165, 1.54) is 30.6 Å². The van der Waals surface area contributed by atoms with Crippen LogP contribution in [0.1, 0.15) is 4.88 Å². The summed E-state index contributed by atoms with van der Waals surface area (Å²) in [7, 11) is -3.73. The molecule has 106 valence electrons. The molecule has 0 saturated heterocycles. The Bertz CT molecular complexity index is 742. The van der Waals surface area contributed by atoms with E-state index in [4.69, 9.17) is 5.11 Å². The molecule has 6 nitrogen and oxygen atoms in total. The van der Waals surface area contributed by atoms with Crippen molar-refractivity contribution in [3.63, 3.8) is 0 Å². The molecule has 0 aliphatic carbocycles. The van der Waals surface area contributed by atoms with Crippen molar-refractivity contribution >= 4 is 48.9 Å². The fraction of sp³-hybridized carbons (Fsp3) is 0.0909. The van der Waals surface area contributed by atoms with Gasteiger partial charge in [0.1, 0.15) is 4.21 Å². The van der Waals surface area contributed by atoms with Crippen molar-refractivity contribution in [1.82, 2.24) is 4.98 Å². The van der Waals surface area contributed by atoms with Gasteiger partial charge in [-0.1, -0.05) is 0 Å². The molecule has 2 aromatic heterocycles.